The van der Waals surface area contributed by atoms with Crippen molar-refractivity contribution in [2.24, 2.45) is 27.1 Å². The summed E-state index contributed by atoms with van der Waals surface area (Å²) >= 11 is 0. The Kier molecular flexibility index (Phi) is 39.2. The Morgan fingerprint density at radius 1 is 0.306 bits per heavy atom. The van der Waals surface area contributed by atoms with Crippen LogP contribution in [0.4, 0.5) is 0 Å². The quantitative estimate of drug-likeness (QED) is 0.0185. The van der Waals surface area contributed by atoms with Crippen LogP contribution in [0.5, 0.6) is 0 Å². The van der Waals surface area contributed by atoms with Crippen molar-refractivity contribution in [2.45, 2.75) is 134 Å². The van der Waals surface area contributed by atoms with Crippen LogP contribution < -0.4 is 42.5 Å². The molecule has 7 amide bonds. The van der Waals surface area contributed by atoms with Gasteiger partial charge in [-0.2, -0.15) is 0 Å². The van der Waals surface area contributed by atoms with E-state index in [1.807, 2.05) is 20.8 Å². The first-order chi connectivity index (χ1) is 39.7. The summed E-state index contributed by atoms with van der Waals surface area (Å²) in [6.07, 6.45) is 0.0756. The van der Waals surface area contributed by atoms with E-state index in [4.69, 9.17) is 37.9 Å². The number of carbonyl (C=O) groups is 11. The first kappa shape index (κ1) is 78.5. The highest BCUT2D eigenvalue weighted by Gasteiger charge is 2.33. The molecule has 488 valence electrons. The first-order valence-electron chi connectivity index (χ1n) is 29.0. The molecule has 0 aromatic carbocycles. The normalized spacial score (nSPS) is 11.7. The Labute approximate surface area is 502 Å². The summed E-state index contributed by atoms with van der Waals surface area (Å²) in [5, 5.41) is 21.9. The van der Waals surface area contributed by atoms with Gasteiger partial charge in [-0.05, 0) is 19.3 Å². The van der Waals surface area contributed by atoms with Crippen molar-refractivity contribution < 1.29 is 90.6 Å². The fourth-order valence-electron chi connectivity index (χ4n) is 6.52. The van der Waals surface area contributed by atoms with E-state index in [1.165, 1.54) is 0 Å². The predicted octanol–water partition coefficient (Wildman–Crippen LogP) is 1.43. The molecule has 0 rings (SSSR count). The molecule has 85 heavy (non-hydrogen) atoms. The maximum absolute atomic E-state index is 12.6. The van der Waals surface area contributed by atoms with Crippen molar-refractivity contribution in [3.63, 3.8) is 0 Å². The van der Waals surface area contributed by atoms with Crippen LogP contribution in [0.3, 0.4) is 0 Å². The van der Waals surface area contributed by atoms with Gasteiger partial charge >= 0.3 is 23.9 Å². The molecule has 0 bridgehead atoms. The van der Waals surface area contributed by atoms with Gasteiger partial charge in [0, 0.05) is 99.0 Å². The van der Waals surface area contributed by atoms with Gasteiger partial charge in [0.25, 0.3) is 0 Å². The lowest BCUT2D eigenvalue weighted by Gasteiger charge is -2.33. The summed E-state index contributed by atoms with van der Waals surface area (Å²) in [7, 11) is 0. The van der Waals surface area contributed by atoms with E-state index in [2.05, 4.69) is 49.1 Å². The molecule has 0 aliphatic heterocycles. The molecule has 0 aliphatic rings. The maximum Gasteiger partial charge on any atom is 0.315 e. The molecule has 0 radical (unpaired) electrons. The summed E-state index contributed by atoms with van der Waals surface area (Å²) in [5.41, 5.74) is -2.77. The van der Waals surface area contributed by atoms with E-state index in [1.54, 1.807) is 62.3 Å². The fraction of sp³-hybridized carbons (Fsp3) is 0.776. The van der Waals surface area contributed by atoms with E-state index < -0.39 is 75.6 Å². The third-order valence-electron chi connectivity index (χ3n) is 11.6. The predicted molar refractivity (Wildman–Crippen MR) is 313 cm³/mol. The maximum atomic E-state index is 12.6. The van der Waals surface area contributed by atoms with Gasteiger partial charge < -0.3 is 80.4 Å². The Balaban J connectivity index is 5.78. The van der Waals surface area contributed by atoms with Crippen molar-refractivity contribution in [2.75, 3.05) is 132 Å². The average Bonchev–Trinajstić information content (AvgIpc) is 3.51. The average molecular weight is 1220 g/mol. The lowest BCUT2D eigenvalue weighted by Crippen LogP contribution is -2.43. The van der Waals surface area contributed by atoms with Crippen LogP contribution in [-0.4, -0.2) is 197 Å². The number of rotatable bonds is 45. The zero-order valence-corrected chi connectivity index (χ0v) is 52.8. The Hall–Kier alpha value is -6.45. The number of carbonyl (C=O) groups excluding carboxylic acids is 11. The number of nitrogens with one attached hydrogen (secondary N) is 8. The minimum atomic E-state index is -1.17. The molecular formula is C58H102N8O19. The van der Waals surface area contributed by atoms with Crippen molar-refractivity contribution in [3.05, 3.63) is 12.3 Å². The third-order valence-corrected chi connectivity index (χ3v) is 11.6. The summed E-state index contributed by atoms with van der Waals surface area (Å²) in [4.78, 5) is 136. The van der Waals surface area contributed by atoms with Gasteiger partial charge in [0.2, 0.25) is 41.4 Å². The molecule has 0 fully saturated rings. The smallest absolute Gasteiger partial charge is 0.315 e. The number of hydrogen-bond acceptors (Lipinski definition) is 20. The van der Waals surface area contributed by atoms with Gasteiger partial charge in [0.15, 0.2) is 0 Å². The van der Waals surface area contributed by atoms with Gasteiger partial charge in [-0.25, -0.2) is 0 Å². The van der Waals surface area contributed by atoms with E-state index in [-0.39, 0.29) is 174 Å². The zero-order chi connectivity index (χ0) is 64.5. The monoisotopic (exact) mass is 1210 g/mol. The van der Waals surface area contributed by atoms with E-state index >= 15 is 0 Å². The molecule has 0 aromatic heterocycles. The zero-order valence-electron chi connectivity index (χ0n) is 52.8. The molecule has 0 saturated carbocycles. The van der Waals surface area contributed by atoms with Crippen LogP contribution in [0.1, 0.15) is 134 Å². The largest absolute Gasteiger partial charge is 0.463 e. The highest BCUT2D eigenvalue weighted by Crippen LogP contribution is 2.22. The van der Waals surface area contributed by atoms with Gasteiger partial charge in [-0.1, -0.05) is 89.7 Å². The van der Waals surface area contributed by atoms with Gasteiger partial charge in [-0.15, -0.1) is 0 Å². The molecule has 0 aromatic rings. The van der Waals surface area contributed by atoms with Crippen molar-refractivity contribution in [3.8, 4) is 0 Å². The van der Waals surface area contributed by atoms with Crippen LogP contribution >= 0.6 is 0 Å². The minimum absolute atomic E-state index is 0.0518. The fourth-order valence-corrected chi connectivity index (χ4v) is 6.52. The van der Waals surface area contributed by atoms with Crippen molar-refractivity contribution >= 4 is 65.2 Å². The Morgan fingerprint density at radius 2 is 0.565 bits per heavy atom. The molecule has 0 unspecified atom stereocenters. The van der Waals surface area contributed by atoms with Crippen molar-refractivity contribution in [1.82, 2.24) is 42.5 Å². The van der Waals surface area contributed by atoms with Crippen LogP contribution in [0.2, 0.25) is 0 Å². The highest BCUT2D eigenvalue weighted by atomic mass is 16.6. The van der Waals surface area contributed by atoms with E-state index in [0.717, 1.165) is 0 Å². The second kappa shape index (κ2) is 42.4. The minimum Gasteiger partial charge on any atom is -0.463 e. The SMILES string of the molecule is C=C(CCCC(=O)OCCOCC(COCCOC(=O)CCCC(=O)NCCNC(=O)C(C)(C)C)(COCCOC(=O)CC(=O)NCCNC(=O)C(C)(C)C)COCCOC(=O)CC(=O)NCCNC(=O)C(C)(C)C)NCCNC(=O)C(C)(C)C. The molecule has 0 heterocycles. The molecule has 0 aliphatic carbocycles. The molecule has 0 atom stereocenters. The second-order valence-corrected chi connectivity index (χ2v) is 24.3. The van der Waals surface area contributed by atoms with Gasteiger partial charge in [0.05, 0.1) is 58.3 Å². The van der Waals surface area contributed by atoms with Gasteiger partial charge in [-0.3, -0.25) is 52.7 Å². The number of esters is 4. The summed E-state index contributed by atoms with van der Waals surface area (Å²) in [6, 6.07) is 0. The van der Waals surface area contributed by atoms with Crippen molar-refractivity contribution in [1.29, 1.82) is 0 Å². The lowest BCUT2D eigenvalue weighted by atomic mass is 9.92. The Bertz CT molecular complexity index is 1970. The number of amides is 7. The van der Waals surface area contributed by atoms with Gasteiger partial charge in [0.1, 0.15) is 39.3 Å². The Morgan fingerprint density at radius 3 is 0.871 bits per heavy atom. The first-order valence-corrected chi connectivity index (χ1v) is 29.0. The number of ether oxygens (including phenoxy) is 8. The molecule has 8 N–H and O–H groups in total. The standard InChI is InChI=1S/C58H102N8O19/c1-42(59-20-24-63-50(74)54(2,3)4)16-14-18-46(70)82-32-28-78-38-58(40-80-30-34-84-48(72)36-44(68)61-22-26-65-52(76)56(8,9)10,41-81-31-35-85-49(73)37-45(69)62-23-27-66-53(77)57(11,12)13)39-79-29-33-83-47(71)19-15-17-43(67)60-21-25-64-51(75)55(5,6)7/h59H,1,14-41H2,2-13H3,(H,60,67)(H,61,68)(H,62,69)(H,63,74)(H,64,75)(H,65,76)(H,66,77). The molecule has 27 nitrogen and oxygen atoms in total. The van der Waals surface area contributed by atoms with Crippen LogP contribution in [0.25, 0.3) is 0 Å². The summed E-state index contributed by atoms with van der Waals surface area (Å²) in [5.74, 6) is -4.84. The second-order valence-electron chi connectivity index (χ2n) is 24.3. The lowest BCUT2D eigenvalue weighted by molar-refractivity contribution is -0.152. The molecule has 27 heteroatoms. The third kappa shape index (κ3) is 42.9. The summed E-state index contributed by atoms with van der Waals surface area (Å²) in [6.45, 7) is 25.2. The van der Waals surface area contributed by atoms with E-state index in [0.29, 0.717) is 31.6 Å². The van der Waals surface area contributed by atoms with Crippen LogP contribution in [0.15, 0.2) is 12.3 Å². The topological polar surface area (TPSA) is 358 Å². The number of hydrogen-bond donors (Lipinski definition) is 8. The van der Waals surface area contributed by atoms with Crippen LogP contribution in [-0.2, 0) is 90.6 Å². The molecular weight excluding hydrogens is 1110 g/mol. The molecule has 0 saturated heterocycles. The van der Waals surface area contributed by atoms with Crippen LogP contribution in [0, 0.1) is 27.1 Å². The highest BCUT2D eigenvalue weighted by molar-refractivity contribution is 5.95. The molecule has 0 spiro atoms. The van der Waals surface area contributed by atoms with E-state index in [9.17, 15) is 52.7 Å². The summed E-state index contributed by atoms with van der Waals surface area (Å²) < 4.78 is 45.1. The number of allylic oxidation sites excluding steroid dienone is 1.